The summed E-state index contributed by atoms with van der Waals surface area (Å²) >= 11 is 0. The van der Waals surface area contributed by atoms with Crippen LogP contribution in [0.1, 0.15) is 110 Å². The second-order valence-corrected chi connectivity index (χ2v) is 19.2. The molecule has 0 radical (unpaired) electrons. The van der Waals surface area contributed by atoms with Crippen LogP contribution >= 0.6 is 0 Å². The van der Waals surface area contributed by atoms with E-state index >= 15 is 0 Å². The third-order valence-corrected chi connectivity index (χ3v) is 15.5. The van der Waals surface area contributed by atoms with Gasteiger partial charge in [0, 0.05) is 43.9 Å². The molecule has 18 atom stereocenters. The van der Waals surface area contributed by atoms with Crippen molar-refractivity contribution in [1.82, 2.24) is 5.32 Å². The van der Waals surface area contributed by atoms with E-state index < -0.39 is 97.5 Å². The lowest BCUT2D eigenvalue weighted by Gasteiger charge is -2.64. The summed E-state index contributed by atoms with van der Waals surface area (Å²) in [7, 11) is 0. The van der Waals surface area contributed by atoms with Crippen LogP contribution < -0.4 is 5.32 Å². The van der Waals surface area contributed by atoms with Crippen molar-refractivity contribution in [3.05, 3.63) is 12.2 Å². The zero-order valence-electron chi connectivity index (χ0n) is 34.4. The first-order chi connectivity index (χ1) is 28.0. The third kappa shape index (κ3) is 8.76. The van der Waals surface area contributed by atoms with Crippen molar-refractivity contribution in [2.45, 2.75) is 190 Å². The predicted octanol–water partition coefficient (Wildman–Crippen LogP) is 0.959. The number of hydrogen-bond donors (Lipinski definition) is 9. The van der Waals surface area contributed by atoms with Crippen LogP contribution in [-0.2, 0) is 38.0 Å². The number of nitrogens with one attached hydrogen (secondary N) is 1. The smallest absolute Gasteiger partial charge is 0.303 e. The summed E-state index contributed by atoms with van der Waals surface area (Å²) in [5, 5.41) is 84.6. The van der Waals surface area contributed by atoms with Gasteiger partial charge in [0.15, 0.2) is 18.9 Å². The van der Waals surface area contributed by atoms with Crippen LogP contribution in [0.25, 0.3) is 0 Å². The minimum atomic E-state index is -1.31. The van der Waals surface area contributed by atoms with Crippen LogP contribution in [0, 0.1) is 28.1 Å². The second kappa shape index (κ2) is 17.7. The standard InChI is InChI=1S/C42H67NO16/c1-22-17-41-11-7-30-39(2,9-4-10-40(30,3)38(53)43-32(50)5-6-33(51)52)31(41)8-12-42(22,21-41)59-37-35(58-36-27(49)16-26(48)29(20-46)57-36)28(15-25(19-45)55-37)56-34-14-23(47)13-24(18-44)54-34/h23-32,34-37,44-50H,1,4-21H2,2-3H3,(H,43,53)(H,51,52)/t23-,24-,25-,26-,27+,28-,29+,30-,31-,32?,34-,35+,36-,37?,39+,40+,41+,42?/m0/s1. The molecule has 17 heteroatoms. The van der Waals surface area contributed by atoms with Crippen LogP contribution in [0.15, 0.2) is 12.2 Å². The molecule has 0 aromatic carbocycles. The van der Waals surface area contributed by atoms with Gasteiger partial charge in [-0.25, -0.2) is 0 Å². The Kier molecular flexibility index (Phi) is 13.6. The van der Waals surface area contributed by atoms with E-state index in [1.165, 1.54) is 0 Å². The number of amides is 1. The zero-order chi connectivity index (χ0) is 42.5. The topological polar surface area (TPSA) is 263 Å². The molecule has 7 fully saturated rings. The van der Waals surface area contributed by atoms with E-state index in [2.05, 4.69) is 18.8 Å². The number of ether oxygens (including phenoxy) is 6. The lowest BCUT2D eigenvalue weighted by molar-refractivity contribution is -0.372. The number of aliphatic hydroxyl groups excluding tert-OH is 7. The maximum absolute atomic E-state index is 13.9. The summed E-state index contributed by atoms with van der Waals surface area (Å²) < 4.78 is 38.4. The molecule has 3 unspecified atom stereocenters. The van der Waals surface area contributed by atoms with E-state index in [-0.39, 0.29) is 80.3 Å². The molecule has 1 amide bonds. The number of aliphatic hydroxyl groups is 7. The molecular weight excluding hydrogens is 774 g/mol. The molecule has 336 valence electrons. The molecule has 1 spiro atoms. The first-order valence-corrected chi connectivity index (χ1v) is 21.7. The van der Waals surface area contributed by atoms with Crippen molar-refractivity contribution in [2.75, 3.05) is 19.8 Å². The molecule has 3 aliphatic heterocycles. The van der Waals surface area contributed by atoms with Crippen LogP contribution in [0.2, 0.25) is 0 Å². The molecule has 7 rings (SSSR count). The predicted molar refractivity (Wildman–Crippen MR) is 205 cm³/mol. The Labute approximate surface area is 345 Å². The first kappa shape index (κ1) is 45.2. The zero-order valence-corrected chi connectivity index (χ0v) is 34.4. The van der Waals surface area contributed by atoms with Crippen LogP contribution in [0.3, 0.4) is 0 Å². The normalized spacial score (nSPS) is 47.8. The molecule has 9 N–H and O–H groups in total. The van der Waals surface area contributed by atoms with Gasteiger partial charge in [-0.3, -0.25) is 9.59 Å². The van der Waals surface area contributed by atoms with Gasteiger partial charge in [0.2, 0.25) is 5.91 Å². The van der Waals surface area contributed by atoms with Gasteiger partial charge in [-0.2, -0.15) is 0 Å². The molecule has 4 aliphatic carbocycles. The Morgan fingerprint density at radius 3 is 2.31 bits per heavy atom. The van der Waals surface area contributed by atoms with Gasteiger partial charge < -0.3 is 74.6 Å². The average Bonchev–Trinajstić information content (AvgIpc) is 3.38. The molecule has 7 aliphatic rings. The Morgan fingerprint density at radius 1 is 0.864 bits per heavy atom. The van der Waals surface area contributed by atoms with E-state index in [1.807, 2.05) is 6.92 Å². The van der Waals surface area contributed by atoms with Gasteiger partial charge in [-0.05, 0) is 79.6 Å². The summed E-state index contributed by atoms with van der Waals surface area (Å²) in [6.07, 6.45) is -5.47. The second-order valence-electron chi connectivity index (χ2n) is 19.2. The number of carboxylic acids is 1. The van der Waals surface area contributed by atoms with Crippen molar-refractivity contribution in [1.29, 1.82) is 0 Å². The van der Waals surface area contributed by atoms with Gasteiger partial charge in [0.05, 0.1) is 55.9 Å². The summed E-state index contributed by atoms with van der Waals surface area (Å²) in [5.74, 6) is -1.01. The Morgan fingerprint density at radius 2 is 1.59 bits per heavy atom. The molecule has 4 saturated carbocycles. The maximum Gasteiger partial charge on any atom is 0.303 e. The first-order valence-electron chi connectivity index (χ1n) is 21.7. The highest BCUT2D eigenvalue weighted by atomic mass is 16.8. The molecule has 17 nitrogen and oxygen atoms in total. The van der Waals surface area contributed by atoms with Crippen molar-refractivity contribution in [3.8, 4) is 0 Å². The summed E-state index contributed by atoms with van der Waals surface area (Å²) in [5.41, 5.74) is -1.09. The average molecular weight is 842 g/mol. The van der Waals surface area contributed by atoms with E-state index in [9.17, 15) is 45.3 Å². The molecule has 3 heterocycles. The van der Waals surface area contributed by atoms with E-state index in [0.717, 1.165) is 37.7 Å². The van der Waals surface area contributed by atoms with Gasteiger partial charge in [0.25, 0.3) is 0 Å². The Hall–Kier alpha value is -1.84. The lowest BCUT2D eigenvalue weighted by Crippen LogP contribution is -2.62. The number of aliphatic carboxylic acids is 1. The fourth-order valence-corrected chi connectivity index (χ4v) is 12.7. The SMILES string of the molecule is C=C1C[C@@]23CC[C@H]4[C@@](C)(CCC[C@@]4(C)C(=O)NC(O)CCC(=O)O)[C@@H]2CCC1(OC1O[C@H](CO)C[C@H](O[C@H]2C[C@@H](O)C[C@@H](CO)O2)[C@H]1O[C@@H]1O[C@H](CO)[C@@H](O)C[C@H]1O)C3. The molecule has 0 aromatic rings. The fraction of sp³-hybridized carbons (Fsp3) is 0.905. The monoisotopic (exact) mass is 841 g/mol. The fourth-order valence-electron chi connectivity index (χ4n) is 12.7. The minimum absolute atomic E-state index is 0.0325. The highest BCUT2D eigenvalue weighted by Crippen LogP contribution is 2.73. The number of carboxylic acid groups (broad SMARTS) is 1. The molecule has 0 aromatic heterocycles. The number of carbonyl (C=O) groups is 2. The maximum atomic E-state index is 13.9. The van der Waals surface area contributed by atoms with Crippen molar-refractivity contribution in [2.24, 2.45) is 28.1 Å². The van der Waals surface area contributed by atoms with E-state index in [1.54, 1.807) is 0 Å². The van der Waals surface area contributed by atoms with Crippen LogP contribution in [-0.4, -0.2) is 152 Å². The summed E-state index contributed by atoms with van der Waals surface area (Å²) in [4.78, 5) is 25.0. The van der Waals surface area contributed by atoms with E-state index in [4.69, 9.17) is 33.5 Å². The van der Waals surface area contributed by atoms with Crippen molar-refractivity contribution < 1.29 is 78.9 Å². The van der Waals surface area contributed by atoms with Gasteiger partial charge >= 0.3 is 5.97 Å². The molecule has 59 heavy (non-hydrogen) atoms. The molecule has 2 bridgehead atoms. The highest BCUT2D eigenvalue weighted by Gasteiger charge is 2.69. The van der Waals surface area contributed by atoms with Gasteiger partial charge in [-0.15, -0.1) is 0 Å². The third-order valence-electron chi connectivity index (χ3n) is 15.5. The van der Waals surface area contributed by atoms with Gasteiger partial charge in [0.1, 0.15) is 24.5 Å². The number of carbonyl (C=O) groups excluding carboxylic acids is 1. The lowest BCUT2D eigenvalue weighted by atomic mass is 9.40. The highest BCUT2D eigenvalue weighted by molar-refractivity contribution is 5.83. The quantitative estimate of drug-likeness (QED) is 0.0670. The van der Waals surface area contributed by atoms with Crippen molar-refractivity contribution >= 4 is 11.9 Å². The largest absolute Gasteiger partial charge is 0.481 e. The summed E-state index contributed by atoms with van der Waals surface area (Å²) in [6.45, 7) is 7.70. The number of fused-ring (bicyclic) bond motifs is 3. The Balaban J connectivity index is 1.13. The number of hydrogen-bond acceptors (Lipinski definition) is 15. The Bertz CT molecular complexity index is 1520. The van der Waals surface area contributed by atoms with Crippen LogP contribution in [0.4, 0.5) is 0 Å². The number of rotatable bonds is 14. The molecule has 3 saturated heterocycles. The summed E-state index contributed by atoms with van der Waals surface area (Å²) in [6, 6.07) is 0. The van der Waals surface area contributed by atoms with Gasteiger partial charge in [-0.1, -0.05) is 26.8 Å². The molecular formula is C42H67NO16. The van der Waals surface area contributed by atoms with Crippen molar-refractivity contribution in [3.63, 3.8) is 0 Å². The van der Waals surface area contributed by atoms with E-state index in [0.29, 0.717) is 25.7 Å². The van der Waals surface area contributed by atoms with Crippen LogP contribution in [0.5, 0.6) is 0 Å². The minimum Gasteiger partial charge on any atom is -0.481 e.